The molecule has 3 aliphatic heterocycles. The predicted octanol–water partition coefficient (Wildman–Crippen LogP) is 17.2. The Bertz CT molecular complexity index is 3190. The van der Waals surface area contributed by atoms with Crippen LogP contribution in [0.15, 0.2) is 36.4 Å². The number of carbonyl (C=O) groups is 3. The molecule has 390 valence electrons. The van der Waals surface area contributed by atoms with Crippen LogP contribution in [0, 0.1) is 145 Å². The van der Waals surface area contributed by atoms with E-state index >= 15 is 0 Å². The molecule has 6 aromatic carbocycles. The summed E-state index contributed by atoms with van der Waals surface area (Å²) in [5.74, 6) is 0.0405. The lowest BCUT2D eigenvalue weighted by Gasteiger charge is -2.16. The van der Waals surface area contributed by atoms with Gasteiger partial charge in [0.25, 0.3) is 17.7 Å². The highest BCUT2D eigenvalue weighted by Crippen LogP contribution is 2.47. The van der Waals surface area contributed by atoms with Gasteiger partial charge in [0.15, 0.2) is 0 Å². The minimum absolute atomic E-state index is 0.0135. The van der Waals surface area contributed by atoms with Gasteiger partial charge in [-0.3, -0.25) is 14.4 Å². The quantitative estimate of drug-likeness (QED) is 0.154. The average Bonchev–Trinajstić information content (AvgIpc) is 4.04. The number of aryl methyl sites for hydroxylation is 6. The van der Waals surface area contributed by atoms with Crippen LogP contribution >= 0.6 is 0 Å². The molecular weight excluding hydrogens is 919 g/mol. The van der Waals surface area contributed by atoms with Crippen LogP contribution in [0.5, 0.6) is 0 Å². The second kappa shape index (κ2) is 20.6. The molecule has 6 heteroatoms. The predicted molar refractivity (Wildman–Crippen MR) is 321 cm³/mol. The van der Waals surface area contributed by atoms with Crippen LogP contribution in [0.2, 0.25) is 0 Å². The molecule has 0 spiro atoms. The summed E-state index contributed by atoms with van der Waals surface area (Å²) in [6, 6.07) is 13.2. The van der Waals surface area contributed by atoms with Gasteiger partial charge in [-0.25, -0.2) is 0 Å². The number of allylic oxidation sites excluding steroid dienone is 3. The maximum Gasteiger partial charge on any atom is 0.256 e. The average molecular weight is 1000 g/mol. The Morgan fingerprint density at radius 2 is 0.427 bits per heavy atom. The number of hydrogen-bond donors (Lipinski definition) is 3. The molecule has 0 atom stereocenters. The molecule has 3 N–H and O–H groups in total. The number of nitrogens with one attached hydrogen (secondary N) is 3. The third-order valence-electron chi connectivity index (χ3n) is 18.4. The molecule has 0 unspecified atom stereocenters. The number of carbonyl (C=O) groups excluding carboxylic acids is 3. The molecular formula is C69H81N3O3. The van der Waals surface area contributed by atoms with Gasteiger partial charge in [-0.1, -0.05) is 36.4 Å². The second-order valence-corrected chi connectivity index (χ2v) is 22.3. The molecule has 0 fully saturated rings. The minimum atomic E-state index is 0.0135. The first kappa shape index (κ1) is 55.7. The van der Waals surface area contributed by atoms with Crippen LogP contribution in [0.25, 0.3) is 33.4 Å². The Kier molecular flexibility index (Phi) is 15.3. The maximum absolute atomic E-state index is 12.8. The summed E-state index contributed by atoms with van der Waals surface area (Å²) >= 11 is 0. The van der Waals surface area contributed by atoms with Crippen LogP contribution in [-0.4, -0.2) is 17.7 Å². The molecule has 6 aromatic rings. The molecule has 3 aliphatic rings. The molecule has 75 heavy (non-hydrogen) atoms. The Labute approximate surface area is 449 Å². The fraction of sp³-hybridized carbons (Fsp3) is 0.348. The van der Waals surface area contributed by atoms with Gasteiger partial charge >= 0.3 is 0 Å². The lowest BCUT2D eigenvalue weighted by molar-refractivity contribution is -0.111. The largest absolute Gasteiger partial charge is 0.321 e. The van der Waals surface area contributed by atoms with Crippen molar-refractivity contribution in [3.63, 3.8) is 0 Å². The number of fused-ring (bicyclic) bond motifs is 3. The van der Waals surface area contributed by atoms with Gasteiger partial charge in [-0.05, 0) is 316 Å². The summed E-state index contributed by atoms with van der Waals surface area (Å²) in [7, 11) is 0. The van der Waals surface area contributed by atoms with Gasteiger partial charge in [0.05, 0.1) is 33.8 Å². The van der Waals surface area contributed by atoms with E-state index < -0.39 is 0 Å². The van der Waals surface area contributed by atoms with E-state index in [1.807, 2.05) is 0 Å². The molecule has 0 saturated heterocycles. The fourth-order valence-electron chi connectivity index (χ4n) is 11.5. The Morgan fingerprint density at radius 1 is 0.253 bits per heavy atom. The molecule has 3 amide bonds. The van der Waals surface area contributed by atoms with E-state index in [9.17, 15) is 14.4 Å². The van der Waals surface area contributed by atoms with E-state index in [2.05, 4.69) is 219 Å². The minimum Gasteiger partial charge on any atom is -0.321 e. The summed E-state index contributed by atoms with van der Waals surface area (Å²) in [6.07, 6.45) is 0. The molecule has 6 nitrogen and oxygen atoms in total. The highest BCUT2D eigenvalue weighted by Gasteiger charge is 2.34. The zero-order chi connectivity index (χ0) is 55.9. The maximum atomic E-state index is 12.8. The Hall–Kier alpha value is -7.05. The summed E-state index contributed by atoms with van der Waals surface area (Å²) in [4.78, 5) is 38.5. The van der Waals surface area contributed by atoms with Crippen LogP contribution < -0.4 is 16.0 Å². The Morgan fingerprint density at radius 3 is 0.613 bits per heavy atom. The van der Waals surface area contributed by atoms with Gasteiger partial charge in [0.1, 0.15) is 0 Å². The lowest BCUT2D eigenvalue weighted by Crippen LogP contribution is -2.06. The van der Waals surface area contributed by atoms with Crippen LogP contribution in [0.3, 0.4) is 0 Å². The molecule has 0 aromatic heterocycles. The summed E-state index contributed by atoms with van der Waals surface area (Å²) < 4.78 is 0. The van der Waals surface area contributed by atoms with Crippen molar-refractivity contribution in [1.82, 2.24) is 0 Å². The van der Waals surface area contributed by atoms with Crippen molar-refractivity contribution in [3.05, 3.63) is 187 Å². The molecule has 0 aliphatic carbocycles. The first-order valence-corrected chi connectivity index (χ1v) is 26.6. The Balaban J connectivity index is 0.000000164. The van der Waals surface area contributed by atoms with Crippen LogP contribution in [-0.2, 0) is 14.4 Å². The van der Waals surface area contributed by atoms with Gasteiger partial charge in [-0.2, -0.15) is 0 Å². The van der Waals surface area contributed by atoms with E-state index in [1.54, 1.807) is 0 Å². The van der Waals surface area contributed by atoms with Crippen molar-refractivity contribution in [1.29, 1.82) is 0 Å². The third kappa shape index (κ3) is 9.44. The topological polar surface area (TPSA) is 87.3 Å². The standard InChI is InChI=1S/3C23H27NO/c3*1-11-9-19(10-12(2)13(11)3)18(8)21-20-16(6)14(4)15(5)17(7)22(20)24-23(21)25/h3*9-10H,1-8H3,(H,24,25)/b21-18+;21-18-;. The van der Waals surface area contributed by atoms with Crippen molar-refractivity contribution in [2.45, 2.75) is 166 Å². The molecule has 0 bridgehead atoms. The third-order valence-corrected chi connectivity index (χ3v) is 18.4. The smallest absolute Gasteiger partial charge is 0.256 e. The number of hydrogen-bond acceptors (Lipinski definition) is 3. The number of benzene rings is 6. The van der Waals surface area contributed by atoms with E-state index in [0.717, 1.165) is 83.9 Å². The van der Waals surface area contributed by atoms with Gasteiger partial charge in [0, 0.05) is 16.7 Å². The van der Waals surface area contributed by atoms with Gasteiger partial charge in [0.2, 0.25) is 0 Å². The number of anilines is 3. The molecule has 0 radical (unpaired) electrons. The highest BCUT2D eigenvalue weighted by molar-refractivity contribution is 6.39. The van der Waals surface area contributed by atoms with E-state index in [-0.39, 0.29) is 17.7 Å². The zero-order valence-electron chi connectivity index (χ0n) is 49.7. The number of rotatable bonds is 3. The normalized spacial score (nSPS) is 15.3. The van der Waals surface area contributed by atoms with E-state index in [1.165, 1.54) is 117 Å². The van der Waals surface area contributed by atoms with Crippen molar-refractivity contribution in [2.24, 2.45) is 0 Å². The van der Waals surface area contributed by atoms with Crippen molar-refractivity contribution < 1.29 is 14.4 Å². The van der Waals surface area contributed by atoms with Gasteiger partial charge < -0.3 is 16.0 Å². The van der Waals surface area contributed by atoms with Crippen molar-refractivity contribution in [2.75, 3.05) is 16.0 Å². The second-order valence-electron chi connectivity index (χ2n) is 22.3. The SMILES string of the molecule is C/C(=C1/C(=O)Nc2c(C)c(C)c(C)c(C)c21)c1cc(C)c(C)c(C)c1.C/C(=C1\C(=O)Nc2c(C)c(C)c(C)c(C)c21)c1cc(C)c(C)c(C)c1.CC(=C1C(=O)Nc2c(C)c(C)c(C)c(C)c21)c1cc(C)c(C)c(C)c1. The lowest BCUT2D eigenvalue weighted by atomic mass is 9.87. The molecule has 9 rings (SSSR count). The van der Waals surface area contributed by atoms with Gasteiger partial charge in [-0.15, -0.1) is 0 Å². The van der Waals surface area contributed by atoms with Crippen LogP contribution in [0.4, 0.5) is 17.1 Å². The summed E-state index contributed by atoms with van der Waals surface area (Å²) in [6.45, 7) is 50.9. The molecule has 3 heterocycles. The highest BCUT2D eigenvalue weighted by atomic mass is 16.2. The first-order chi connectivity index (χ1) is 34.9. The monoisotopic (exact) mass is 1000 g/mol. The first-order valence-electron chi connectivity index (χ1n) is 26.6. The van der Waals surface area contributed by atoms with Crippen molar-refractivity contribution >= 4 is 68.2 Å². The van der Waals surface area contributed by atoms with Crippen LogP contribution in [0.1, 0.15) is 171 Å². The zero-order valence-corrected chi connectivity index (χ0v) is 49.7. The summed E-state index contributed by atoms with van der Waals surface area (Å²) in [5, 5.41) is 9.36. The summed E-state index contributed by atoms with van der Waals surface area (Å²) in [5.41, 5.74) is 41.5. The fourth-order valence-corrected chi connectivity index (χ4v) is 11.5. The van der Waals surface area contributed by atoms with E-state index in [4.69, 9.17) is 0 Å². The van der Waals surface area contributed by atoms with E-state index in [0.29, 0.717) is 0 Å². The number of amides is 3. The molecule has 0 saturated carbocycles. The van der Waals surface area contributed by atoms with Crippen molar-refractivity contribution in [3.8, 4) is 0 Å².